The van der Waals surface area contributed by atoms with Crippen molar-refractivity contribution >= 4 is 11.8 Å². The molecule has 0 saturated heterocycles. The molecule has 0 spiro atoms. The molecule has 6 nitrogen and oxygen atoms in total. The number of alkyl halides is 3. The standard InChI is InChI=1S/C26H33F3N4O2/c1-5-6-12-20(24-31-17(3)14-22(33-24)19-10-8-7-9-11-19)23(26(27,28)29)32-18(4)21(25(34)35)13-16(2)15-30/h5-6,10,12-15,18,23,32H,3,7-9,11,30H2,1-2,4H3,(H,31,33)(H,34,35)/b6-5-,16-15-,20-12-,21-13+. The fraction of sp³-hybridized carbons (Fsp3) is 0.385. The van der Waals surface area contributed by atoms with Crippen molar-refractivity contribution in [3.05, 3.63) is 82.9 Å². The molecule has 2 unspecified atom stereocenters. The maximum Gasteiger partial charge on any atom is 0.408 e. The van der Waals surface area contributed by atoms with Gasteiger partial charge in [0.05, 0.1) is 11.3 Å². The van der Waals surface area contributed by atoms with Crippen molar-refractivity contribution in [3.8, 4) is 0 Å². The molecule has 2 rings (SSSR count). The molecule has 0 aromatic heterocycles. The van der Waals surface area contributed by atoms with E-state index >= 15 is 0 Å². The zero-order valence-corrected chi connectivity index (χ0v) is 20.2. The van der Waals surface area contributed by atoms with E-state index in [-0.39, 0.29) is 17.0 Å². The summed E-state index contributed by atoms with van der Waals surface area (Å²) >= 11 is 0. The van der Waals surface area contributed by atoms with Crippen LogP contribution in [0.1, 0.15) is 46.5 Å². The van der Waals surface area contributed by atoms with E-state index in [2.05, 4.69) is 28.3 Å². The topological polar surface area (TPSA) is 99.7 Å². The van der Waals surface area contributed by atoms with Crippen LogP contribution in [0.4, 0.5) is 13.2 Å². The molecule has 0 radical (unpaired) electrons. The van der Waals surface area contributed by atoms with Crippen LogP contribution in [0.5, 0.6) is 0 Å². The van der Waals surface area contributed by atoms with Crippen LogP contribution in [-0.2, 0) is 4.79 Å². The Hall–Kier alpha value is -3.33. The molecule has 2 atom stereocenters. The van der Waals surface area contributed by atoms with Crippen molar-refractivity contribution in [2.24, 2.45) is 10.7 Å². The van der Waals surface area contributed by atoms with E-state index in [1.165, 1.54) is 31.4 Å². The Kier molecular flexibility index (Phi) is 9.89. The summed E-state index contributed by atoms with van der Waals surface area (Å²) < 4.78 is 43.2. The van der Waals surface area contributed by atoms with Crippen LogP contribution in [-0.4, -0.2) is 35.2 Å². The summed E-state index contributed by atoms with van der Waals surface area (Å²) in [7, 11) is 0. The Bertz CT molecular complexity index is 1040. The molecule has 0 aromatic rings. The first-order chi connectivity index (χ1) is 16.5. The van der Waals surface area contributed by atoms with E-state index < -0.39 is 24.2 Å². The van der Waals surface area contributed by atoms with E-state index in [4.69, 9.17) is 5.73 Å². The summed E-state index contributed by atoms with van der Waals surface area (Å²) in [6, 6.07) is -3.37. The predicted octanol–water partition coefficient (Wildman–Crippen LogP) is 5.17. The molecule has 2 aliphatic rings. The maximum absolute atomic E-state index is 14.4. The summed E-state index contributed by atoms with van der Waals surface area (Å²) in [5, 5.41) is 14.9. The van der Waals surface area contributed by atoms with E-state index in [0.717, 1.165) is 31.3 Å². The van der Waals surface area contributed by atoms with Gasteiger partial charge in [0, 0.05) is 17.3 Å². The molecule has 35 heavy (non-hydrogen) atoms. The smallest absolute Gasteiger partial charge is 0.408 e. The molecule has 9 heteroatoms. The lowest BCUT2D eigenvalue weighted by Crippen LogP contribution is -2.52. The number of rotatable bonds is 9. The molecule has 1 aliphatic heterocycles. The summed E-state index contributed by atoms with van der Waals surface area (Å²) in [4.78, 5) is 16.3. The molecule has 0 aromatic carbocycles. The Labute approximate surface area is 204 Å². The number of nitrogens with two attached hydrogens (primary N) is 1. The maximum atomic E-state index is 14.4. The van der Waals surface area contributed by atoms with Gasteiger partial charge in [-0.1, -0.05) is 30.9 Å². The number of carbonyl (C=O) groups is 1. The largest absolute Gasteiger partial charge is 0.478 e. The SMILES string of the molecule is C=C1C=C(C2=CCCCC2)N=C(/C(=C\C=C/C)C(NC(C)/C(=C\C(C)=C/N)C(=O)O)C(F)(F)F)N1. The minimum atomic E-state index is -4.75. The number of aliphatic carboxylic acids is 1. The third kappa shape index (κ3) is 7.85. The van der Waals surface area contributed by atoms with Crippen LogP contribution in [0.3, 0.4) is 0 Å². The summed E-state index contributed by atoms with van der Waals surface area (Å²) in [6.07, 6.45) is 9.62. The van der Waals surface area contributed by atoms with E-state index in [9.17, 15) is 23.1 Å². The van der Waals surface area contributed by atoms with Crippen molar-refractivity contribution < 1.29 is 23.1 Å². The van der Waals surface area contributed by atoms with E-state index in [1.807, 2.05) is 0 Å². The van der Waals surface area contributed by atoms with Gasteiger partial charge < -0.3 is 16.2 Å². The average Bonchev–Trinajstić information content (AvgIpc) is 2.81. The van der Waals surface area contributed by atoms with Crippen LogP contribution in [0.15, 0.2) is 87.9 Å². The van der Waals surface area contributed by atoms with Crippen molar-refractivity contribution in [1.82, 2.24) is 10.6 Å². The Morgan fingerprint density at radius 1 is 1.37 bits per heavy atom. The second-order valence-corrected chi connectivity index (χ2v) is 8.44. The second-order valence-electron chi connectivity index (χ2n) is 8.44. The molecule has 0 bridgehead atoms. The molecule has 1 heterocycles. The first-order valence-electron chi connectivity index (χ1n) is 11.4. The molecule has 0 fully saturated rings. The van der Waals surface area contributed by atoms with Gasteiger partial charge >= 0.3 is 12.1 Å². The Balaban J connectivity index is 2.55. The molecule has 190 valence electrons. The number of halogens is 3. The fourth-order valence-corrected chi connectivity index (χ4v) is 3.78. The van der Waals surface area contributed by atoms with Crippen molar-refractivity contribution in [2.75, 3.05) is 0 Å². The lowest BCUT2D eigenvalue weighted by molar-refractivity contribution is -0.148. The van der Waals surface area contributed by atoms with Gasteiger partial charge in [-0.15, -0.1) is 0 Å². The van der Waals surface area contributed by atoms with Crippen LogP contribution in [0.25, 0.3) is 0 Å². The predicted molar refractivity (Wildman–Crippen MR) is 133 cm³/mol. The average molecular weight is 491 g/mol. The number of allylic oxidation sites excluding steroid dienone is 8. The number of hydrogen-bond donors (Lipinski definition) is 4. The van der Waals surface area contributed by atoms with Gasteiger partial charge in [-0.05, 0) is 76.0 Å². The van der Waals surface area contributed by atoms with E-state index in [0.29, 0.717) is 17.0 Å². The van der Waals surface area contributed by atoms with Crippen LogP contribution >= 0.6 is 0 Å². The highest BCUT2D eigenvalue weighted by molar-refractivity contribution is 6.02. The van der Waals surface area contributed by atoms with Gasteiger partial charge in [0.1, 0.15) is 11.9 Å². The first-order valence-corrected chi connectivity index (χ1v) is 11.4. The number of carboxylic acids is 1. The van der Waals surface area contributed by atoms with Gasteiger partial charge in [0.2, 0.25) is 0 Å². The lowest BCUT2D eigenvalue weighted by Gasteiger charge is -2.30. The number of amidine groups is 1. The monoisotopic (exact) mass is 490 g/mol. The van der Waals surface area contributed by atoms with Crippen LogP contribution in [0, 0.1) is 0 Å². The Morgan fingerprint density at radius 3 is 2.63 bits per heavy atom. The van der Waals surface area contributed by atoms with Crippen molar-refractivity contribution in [2.45, 2.75) is 64.7 Å². The van der Waals surface area contributed by atoms with E-state index in [1.54, 1.807) is 26.0 Å². The fourth-order valence-electron chi connectivity index (χ4n) is 3.78. The molecule has 1 aliphatic carbocycles. The van der Waals surface area contributed by atoms with Gasteiger partial charge in [0.15, 0.2) is 0 Å². The number of hydrogen-bond acceptors (Lipinski definition) is 5. The second kappa shape index (κ2) is 12.4. The van der Waals surface area contributed by atoms with Gasteiger partial charge in [-0.3, -0.25) is 5.32 Å². The van der Waals surface area contributed by atoms with Crippen LogP contribution < -0.4 is 16.4 Å². The van der Waals surface area contributed by atoms with Gasteiger partial charge in [0.25, 0.3) is 0 Å². The number of aliphatic imine (C=N–C) groups is 1. The third-order valence-electron chi connectivity index (χ3n) is 5.60. The molecular weight excluding hydrogens is 457 g/mol. The van der Waals surface area contributed by atoms with Gasteiger partial charge in [-0.2, -0.15) is 13.2 Å². The minimum absolute atomic E-state index is 0.0120. The molecule has 5 N–H and O–H groups in total. The van der Waals surface area contributed by atoms with Crippen molar-refractivity contribution in [1.29, 1.82) is 0 Å². The van der Waals surface area contributed by atoms with Crippen LogP contribution in [0.2, 0.25) is 0 Å². The highest BCUT2D eigenvalue weighted by Gasteiger charge is 2.45. The molecule has 0 saturated carbocycles. The zero-order valence-electron chi connectivity index (χ0n) is 20.2. The highest BCUT2D eigenvalue weighted by Crippen LogP contribution is 2.31. The first kappa shape index (κ1) is 27.9. The quantitative estimate of drug-likeness (QED) is 0.264. The normalized spacial score (nSPS) is 20.1. The summed E-state index contributed by atoms with van der Waals surface area (Å²) in [5.41, 5.74) is 7.39. The number of nitrogens with one attached hydrogen (secondary N) is 2. The lowest BCUT2D eigenvalue weighted by atomic mass is 9.95. The minimum Gasteiger partial charge on any atom is -0.478 e. The number of nitrogens with zero attached hydrogens (tertiary/aromatic N) is 1. The molecular formula is C26H33F3N4O2. The third-order valence-corrected chi connectivity index (χ3v) is 5.60. The summed E-state index contributed by atoms with van der Waals surface area (Å²) in [6.45, 7) is 8.52. The Morgan fingerprint density at radius 2 is 2.09 bits per heavy atom. The summed E-state index contributed by atoms with van der Waals surface area (Å²) in [5.74, 6) is -1.33. The number of carboxylic acid groups (broad SMARTS) is 1. The van der Waals surface area contributed by atoms with Gasteiger partial charge in [-0.25, -0.2) is 9.79 Å². The highest BCUT2D eigenvalue weighted by atomic mass is 19.4. The molecule has 0 amide bonds. The van der Waals surface area contributed by atoms with Crippen molar-refractivity contribution in [3.63, 3.8) is 0 Å². The zero-order chi connectivity index (χ0) is 26.2.